The Kier molecular flexibility index (Phi) is 7.43. The number of hydrogen-bond acceptors (Lipinski definition) is 3. The molecule has 0 radical (unpaired) electrons. The molecule has 0 aromatic heterocycles. The zero-order valence-electron chi connectivity index (χ0n) is 28.8. The van der Waals surface area contributed by atoms with E-state index in [0.717, 1.165) is 24.2 Å². The normalized spacial score (nSPS) is 52.6. The first kappa shape index (κ1) is 31.1. The van der Waals surface area contributed by atoms with E-state index in [1.807, 2.05) is 0 Å². The van der Waals surface area contributed by atoms with E-state index < -0.39 is 14.4 Å². The van der Waals surface area contributed by atoms with Gasteiger partial charge in [-0.25, -0.2) is 0 Å². The van der Waals surface area contributed by atoms with Crippen molar-refractivity contribution in [2.45, 2.75) is 170 Å². The SMILES string of the molecule is CC[Si](CC)(CC)O[C@H]1[C@H]2O[C@@H](C(O)C(C)C)C[C@@H](C)[C@@H]2[C@@]2(C)CC[C@@]34C[C@@]35CC[C@H](C)C(C)(C)[C@@H]5CC[C@H]4[C@]12C. The molecule has 2 spiro atoms. The first-order valence-electron chi connectivity index (χ1n) is 18.2. The largest absolute Gasteiger partial charge is 0.411 e. The molecule has 1 unspecified atom stereocenters. The minimum atomic E-state index is -1.89. The van der Waals surface area contributed by atoms with Gasteiger partial charge in [0, 0.05) is 5.41 Å². The topological polar surface area (TPSA) is 38.7 Å². The van der Waals surface area contributed by atoms with Crippen LogP contribution in [-0.4, -0.2) is 37.8 Å². The van der Waals surface area contributed by atoms with Gasteiger partial charge in [-0.1, -0.05) is 76.2 Å². The van der Waals surface area contributed by atoms with Crippen LogP contribution in [0, 0.1) is 62.6 Å². The molecule has 1 aliphatic heterocycles. The lowest BCUT2D eigenvalue weighted by atomic mass is 9.41. The molecule has 0 aromatic rings. The van der Waals surface area contributed by atoms with Gasteiger partial charge in [-0.15, -0.1) is 0 Å². The lowest BCUT2D eigenvalue weighted by Gasteiger charge is -2.64. The van der Waals surface area contributed by atoms with Crippen molar-refractivity contribution >= 4 is 8.32 Å². The Balaban J connectivity index is 1.45. The first-order chi connectivity index (χ1) is 19.1. The van der Waals surface area contributed by atoms with Crippen LogP contribution in [0.3, 0.4) is 0 Å². The molecule has 13 atom stereocenters. The molecule has 6 aliphatic rings. The van der Waals surface area contributed by atoms with Gasteiger partial charge in [0.05, 0.1) is 24.4 Å². The highest BCUT2D eigenvalue weighted by Gasteiger charge is 2.84. The van der Waals surface area contributed by atoms with E-state index in [0.29, 0.717) is 28.1 Å². The molecule has 6 fully saturated rings. The highest BCUT2D eigenvalue weighted by Crippen LogP contribution is 2.89. The van der Waals surface area contributed by atoms with Crippen molar-refractivity contribution in [3.63, 3.8) is 0 Å². The van der Waals surface area contributed by atoms with Gasteiger partial charge in [-0.3, -0.25) is 0 Å². The second-order valence-electron chi connectivity index (χ2n) is 18.0. The van der Waals surface area contributed by atoms with Crippen LogP contribution in [0.1, 0.15) is 128 Å². The van der Waals surface area contributed by atoms with Crippen LogP contribution >= 0.6 is 0 Å². The number of hydrogen-bond donors (Lipinski definition) is 1. The van der Waals surface area contributed by atoms with E-state index in [9.17, 15) is 5.11 Å². The minimum Gasteiger partial charge on any atom is -0.411 e. The van der Waals surface area contributed by atoms with Gasteiger partial charge in [0.2, 0.25) is 0 Å². The van der Waals surface area contributed by atoms with Gasteiger partial charge in [0.25, 0.3) is 0 Å². The Labute approximate surface area is 254 Å². The third kappa shape index (κ3) is 3.78. The third-order valence-electron chi connectivity index (χ3n) is 16.7. The first-order valence-corrected chi connectivity index (χ1v) is 20.7. The molecule has 1 saturated heterocycles. The van der Waals surface area contributed by atoms with Crippen molar-refractivity contribution in [2.75, 3.05) is 0 Å². The summed E-state index contributed by atoms with van der Waals surface area (Å²) in [5.74, 6) is 3.77. The molecule has 0 bridgehead atoms. The van der Waals surface area contributed by atoms with Crippen molar-refractivity contribution < 1.29 is 14.3 Å². The third-order valence-corrected chi connectivity index (χ3v) is 21.3. The Morgan fingerprint density at radius 2 is 1.49 bits per heavy atom. The van der Waals surface area contributed by atoms with E-state index in [1.165, 1.54) is 63.1 Å². The van der Waals surface area contributed by atoms with Gasteiger partial charge in [-0.2, -0.15) is 0 Å². The zero-order chi connectivity index (χ0) is 30.0. The van der Waals surface area contributed by atoms with Crippen LogP contribution in [0.5, 0.6) is 0 Å². The number of aliphatic hydroxyl groups is 1. The van der Waals surface area contributed by atoms with E-state index in [1.54, 1.807) is 0 Å². The van der Waals surface area contributed by atoms with Crippen LogP contribution in [0.2, 0.25) is 18.1 Å². The van der Waals surface area contributed by atoms with E-state index in [4.69, 9.17) is 9.16 Å². The van der Waals surface area contributed by atoms with Gasteiger partial charge < -0.3 is 14.3 Å². The molecule has 5 saturated carbocycles. The van der Waals surface area contributed by atoms with Gasteiger partial charge in [0.15, 0.2) is 8.32 Å². The van der Waals surface area contributed by atoms with Crippen LogP contribution in [0.4, 0.5) is 0 Å². The van der Waals surface area contributed by atoms with Crippen molar-refractivity contribution in [2.24, 2.45) is 62.6 Å². The maximum absolute atomic E-state index is 11.3. The minimum absolute atomic E-state index is 0.0664. The Hall–Kier alpha value is 0.0969. The summed E-state index contributed by atoms with van der Waals surface area (Å²) in [4.78, 5) is 0. The van der Waals surface area contributed by atoms with Gasteiger partial charge in [-0.05, 0) is 127 Å². The number of ether oxygens (including phenoxy) is 1. The highest BCUT2D eigenvalue weighted by atomic mass is 28.4. The van der Waals surface area contributed by atoms with Crippen LogP contribution < -0.4 is 0 Å². The second-order valence-corrected chi connectivity index (χ2v) is 22.8. The summed E-state index contributed by atoms with van der Waals surface area (Å²) in [7, 11) is -1.89. The van der Waals surface area contributed by atoms with Gasteiger partial charge >= 0.3 is 0 Å². The molecule has 41 heavy (non-hydrogen) atoms. The molecule has 6 rings (SSSR count). The summed E-state index contributed by atoms with van der Waals surface area (Å²) in [5.41, 5.74) is 1.92. The predicted octanol–water partition coefficient (Wildman–Crippen LogP) is 9.48. The number of fused-ring (bicyclic) bond motifs is 4. The Bertz CT molecular complexity index is 998. The summed E-state index contributed by atoms with van der Waals surface area (Å²) < 4.78 is 15.1. The standard InChI is InChI=1S/C37H66O3Si/c1-12-41(13-2,14-3)40-32-31-29(24(6)21-26(39-31)30(38)23(4)5)34(10)19-20-37-22-36(37)18-17-25(7)33(8,9)27(36)15-16-28(37)35(32,34)11/h23-32,38H,12-22H2,1-11H3/t24-,25+,26-,27+,28+,29+,30?,31+,32+,34-,35-,36-,37+/m1/s1. The maximum atomic E-state index is 11.3. The van der Waals surface area contributed by atoms with Crippen LogP contribution in [0.15, 0.2) is 0 Å². The van der Waals surface area contributed by atoms with Crippen LogP contribution in [0.25, 0.3) is 0 Å². The van der Waals surface area contributed by atoms with Crippen LogP contribution in [-0.2, 0) is 9.16 Å². The Morgan fingerprint density at radius 1 is 0.878 bits per heavy atom. The monoisotopic (exact) mass is 586 g/mol. The summed E-state index contributed by atoms with van der Waals surface area (Å²) in [6.07, 6.45) is 10.8. The average molecular weight is 587 g/mol. The average Bonchev–Trinajstić information content (AvgIpc) is 3.56. The molecule has 4 heteroatoms. The molecular weight excluding hydrogens is 520 g/mol. The maximum Gasteiger partial charge on any atom is 0.192 e. The Morgan fingerprint density at radius 3 is 2.10 bits per heavy atom. The quantitative estimate of drug-likeness (QED) is 0.302. The molecule has 1 N–H and O–H groups in total. The fourth-order valence-electron chi connectivity index (χ4n) is 13.6. The highest BCUT2D eigenvalue weighted by molar-refractivity contribution is 6.73. The zero-order valence-corrected chi connectivity index (χ0v) is 29.8. The fraction of sp³-hybridized carbons (Fsp3) is 1.00. The summed E-state index contributed by atoms with van der Waals surface area (Å²) in [5, 5.41) is 11.3. The van der Waals surface area contributed by atoms with E-state index in [-0.39, 0.29) is 35.1 Å². The number of rotatable bonds is 7. The molecule has 1 heterocycles. The van der Waals surface area contributed by atoms with Crippen molar-refractivity contribution in [1.29, 1.82) is 0 Å². The van der Waals surface area contributed by atoms with Crippen molar-refractivity contribution in [3.8, 4) is 0 Å². The van der Waals surface area contributed by atoms with Crippen molar-refractivity contribution in [1.82, 2.24) is 0 Å². The molecule has 0 aromatic carbocycles. The lowest BCUT2D eigenvalue weighted by Crippen LogP contribution is -2.60. The second kappa shape index (κ2) is 9.80. The lowest BCUT2D eigenvalue weighted by molar-refractivity contribution is -0.177. The predicted molar refractivity (Wildman–Crippen MR) is 172 cm³/mol. The molecule has 5 aliphatic carbocycles. The summed E-state index contributed by atoms with van der Waals surface area (Å²) in [6, 6.07) is 3.59. The molecular formula is C37H66O3Si. The summed E-state index contributed by atoms with van der Waals surface area (Å²) >= 11 is 0. The van der Waals surface area contributed by atoms with E-state index >= 15 is 0 Å². The van der Waals surface area contributed by atoms with Gasteiger partial charge in [0.1, 0.15) is 0 Å². The van der Waals surface area contributed by atoms with Crippen molar-refractivity contribution in [3.05, 3.63) is 0 Å². The molecule has 0 amide bonds. The molecule has 236 valence electrons. The fourth-order valence-corrected chi connectivity index (χ4v) is 16.5. The number of aliphatic hydroxyl groups excluding tert-OH is 1. The summed E-state index contributed by atoms with van der Waals surface area (Å²) in [6.45, 7) is 27.2. The molecule has 3 nitrogen and oxygen atoms in total. The van der Waals surface area contributed by atoms with E-state index in [2.05, 4.69) is 76.2 Å². The smallest absolute Gasteiger partial charge is 0.192 e.